The number of ether oxygens (including phenoxy) is 1. The van der Waals surface area contributed by atoms with Crippen molar-refractivity contribution in [2.75, 3.05) is 13.7 Å². The molecule has 98 valence electrons. The highest BCUT2D eigenvalue weighted by atomic mass is 16.5. The zero-order valence-electron chi connectivity index (χ0n) is 11.3. The smallest absolute Gasteiger partial charge is 0.103 e. The molecule has 0 aromatic carbocycles. The minimum Gasteiger partial charge on any atom is -0.378 e. The van der Waals surface area contributed by atoms with Crippen molar-refractivity contribution in [3.05, 3.63) is 0 Å². The molecule has 3 nitrogen and oxygen atoms in total. The Morgan fingerprint density at radius 1 is 1.29 bits per heavy atom. The molecule has 0 aliphatic heterocycles. The largest absolute Gasteiger partial charge is 0.378 e. The molecule has 1 atom stereocenters. The topological polar surface area (TPSA) is 45.0 Å². The Morgan fingerprint density at radius 3 is 2.47 bits per heavy atom. The molecule has 0 saturated heterocycles. The molecule has 3 heteroatoms. The summed E-state index contributed by atoms with van der Waals surface area (Å²) in [5.74, 6) is 0. The van der Waals surface area contributed by atoms with Crippen molar-refractivity contribution in [3.63, 3.8) is 0 Å². The van der Waals surface area contributed by atoms with E-state index in [4.69, 9.17) is 10.00 Å². The van der Waals surface area contributed by atoms with E-state index in [1.165, 1.54) is 38.5 Å². The van der Waals surface area contributed by atoms with Crippen LogP contribution in [-0.2, 0) is 4.74 Å². The average Bonchev–Trinajstić information content (AvgIpc) is 2.63. The second-order valence-electron chi connectivity index (χ2n) is 5.28. The maximum absolute atomic E-state index is 9.02. The van der Waals surface area contributed by atoms with Gasteiger partial charge in [0.15, 0.2) is 0 Å². The number of hydrogen-bond donors (Lipinski definition) is 1. The third-order valence-corrected chi connectivity index (χ3v) is 3.78. The van der Waals surface area contributed by atoms with Crippen molar-refractivity contribution in [1.82, 2.24) is 5.32 Å². The summed E-state index contributed by atoms with van der Waals surface area (Å²) < 4.78 is 5.91. The van der Waals surface area contributed by atoms with Crippen molar-refractivity contribution in [3.8, 4) is 6.07 Å². The van der Waals surface area contributed by atoms with Crippen LogP contribution >= 0.6 is 0 Å². The van der Waals surface area contributed by atoms with Gasteiger partial charge in [-0.3, -0.25) is 0 Å². The lowest BCUT2D eigenvalue weighted by molar-refractivity contribution is 0.0391. The molecule has 1 unspecified atom stereocenters. The highest BCUT2D eigenvalue weighted by Gasteiger charge is 2.20. The Bertz CT molecular complexity index is 241. The Labute approximate surface area is 106 Å². The predicted octanol–water partition coefficient (Wildman–Crippen LogP) is 3.01. The average molecular weight is 238 g/mol. The molecule has 0 amide bonds. The first-order valence-corrected chi connectivity index (χ1v) is 6.92. The van der Waals surface area contributed by atoms with Crippen LogP contribution in [0.4, 0.5) is 0 Å². The second-order valence-corrected chi connectivity index (χ2v) is 5.28. The lowest BCUT2D eigenvalue weighted by Gasteiger charge is -2.21. The van der Waals surface area contributed by atoms with E-state index in [1.54, 1.807) is 0 Å². The lowest BCUT2D eigenvalue weighted by atomic mass is 9.98. The van der Waals surface area contributed by atoms with E-state index in [0.717, 1.165) is 19.4 Å². The van der Waals surface area contributed by atoms with Crippen LogP contribution in [-0.4, -0.2) is 25.3 Å². The van der Waals surface area contributed by atoms with Gasteiger partial charge in [-0.1, -0.05) is 25.7 Å². The molecule has 1 aliphatic rings. The van der Waals surface area contributed by atoms with Gasteiger partial charge in [-0.05, 0) is 39.7 Å². The van der Waals surface area contributed by atoms with Gasteiger partial charge >= 0.3 is 0 Å². The summed E-state index contributed by atoms with van der Waals surface area (Å²) in [5, 5.41) is 12.1. The first-order chi connectivity index (χ1) is 8.20. The molecule has 0 heterocycles. The first-order valence-electron chi connectivity index (χ1n) is 6.92. The monoisotopic (exact) mass is 238 g/mol. The van der Waals surface area contributed by atoms with Crippen molar-refractivity contribution in [2.45, 2.75) is 69.9 Å². The Balaban J connectivity index is 2.13. The molecule has 1 N–H and O–H groups in total. The summed E-state index contributed by atoms with van der Waals surface area (Å²) in [7, 11) is 1.84. The van der Waals surface area contributed by atoms with E-state index in [9.17, 15) is 0 Å². The third-order valence-electron chi connectivity index (χ3n) is 3.78. The fraction of sp³-hybridized carbons (Fsp3) is 0.929. The number of nitrogens with one attached hydrogen (secondary N) is 1. The summed E-state index contributed by atoms with van der Waals surface area (Å²) in [4.78, 5) is 0. The number of hydrogen-bond acceptors (Lipinski definition) is 3. The van der Waals surface area contributed by atoms with E-state index in [-0.39, 0.29) is 0 Å². The molecule has 0 bridgehead atoms. The molecule has 1 fully saturated rings. The normalized spacial score (nSPS) is 21.5. The van der Waals surface area contributed by atoms with Crippen molar-refractivity contribution in [2.24, 2.45) is 0 Å². The van der Waals surface area contributed by atoms with Gasteiger partial charge in [0.2, 0.25) is 0 Å². The standard InChI is InChI=1S/C14H26N2O/c1-14(12-15,16-2)10-7-11-17-13-8-5-3-4-6-9-13/h13,16H,3-11H2,1-2H3. The van der Waals surface area contributed by atoms with E-state index in [2.05, 4.69) is 11.4 Å². The zero-order valence-corrected chi connectivity index (χ0v) is 11.3. The second kappa shape index (κ2) is 7.68. The van der Waals surface area contributed by atoms with Gasteiger partial charge in [0.05, 0.1) is 12.2 Å². The molecule has 17 heavy (non-hydrogen) atoms. The van der Waals surface area contributed by atoms with Gasteiger partial charge in [-0.2, -0.15) is 5.26 Å². The Hall–Kier alpha value is -0.590. The van der Waals surface area contributed by atoms with Crippen LogP contribution in [0, 0.1) is 11.3 Å². The van der Waals surface area contributed by atoms with E-state index >= 15 is 0 Å². The Kier molecular flexibility index (Phi) is 6.54. The maximum atomic E-state index is 9.02. The van der Waals surface area contributed by atoms with Crippen molar-refractivity contribution in [1.29, 1.82) is 5.26 Å². The highest BCUT2D eigenvalue weighted by Crippen LogP contribution is 2.20. The third kappa shape index (κ3) is 5.52. The van der Waals surface area contributed by atoms with Gasteiger partial charge in [0, 0.05) is 6.61 Å². The van der Waals surface area contributed by atoms with Gasteiger partial charge in [0.25, 0.3) is 0 Å². The molecule has 0 aromatic heterocycles. The summed E-state index contributed by atoms with van der Waals surface area (Å²) >= 11 is 0. The van der Waals surface area contributed by atoms with Crippen LogP contribution in [0.25, 0.3) is 0 Å². The van der Waals surface area contributed by atoms with Gasteiger partial charge in [-0.15, -0.1) is 0 Å². The van der Waals surface area contributed by atoms with Crippen LogP contribution in [0.3, 0.4) is 0 Å². The lowest BCUT2D eigenvalue weighted by Crippen LogP contribution is -2.38. The molecular weight excluding hydrogens is 212 g/mol. The van der Waals surface area contributed by atoms with E-state index < -0.39 is 5.54 Å². The van der Waals surface area contributed by atoms with Gasteiger partial charge in [-0.25, -0.2) is 0 Å². The quantitative estimate of drug-likeness (QED) is 0.571. The zero-order chi connectivity index (χ0) is 12.6. The SMILES string of the molecule is CNC(C)(C#N)CCCOC1CCCCCC1. The summed E-state index contributed by atoms with van der Waals surface area (Å²) in [6.07, 6.45) is 10.1. The number of rotatable bonds is 6. The predicted molar refractivity (Wildman–Crippen MR) is 69.8 cm³/mol. The van der Waals surface area contributed by atoms with Crippen LogP contribution < -0.4 is 5.32 Å². The fourth-order valence-corrected chi connectivity index (χ4v) is 2.32. The van der Waals surface area contributed by atoms with Crippen LogP contribution in [0.15, 0.2) is 0 Å². The minimum absolute atomic E-state index is 0.396. The molecule has 1 saturated carbocycles. The van der Waals surface area contributed by atoms with Gasteiger partial charge in [0.1, 0.15) is 5.54 Å². The number of nitriles is 1. The van der Waals surface area contributed by atoms with Crippen LogP contribution in [0.2, 0.25) is 0 Å². The fourth-order valence-electron chi connectivity index (χ4n) is 2.32. The molecular formula is C14H26N2O. The summed E-state index contributed by atoms with van der Waals surface area (Å²) in [6.45, 7) is 2.74. The highest BCUT2D eigenvalue weighted by molar-refractivity contribution is 5.02. The van der Waals surface area contributed by atoms with Gasteiger partial charge < -0.3 is 10.1 Å². The van der Waals surface area contributed by atoms with Crippen molar-refractivity contribution < 1.29 is 4.74 Å². The summed E-state index contributed by atoms with van der Waals surface area (Å²) in [5.41, 5.74) is -0.396. The molecule has 1 rings (SSSR count). The number of nitrogens with zero attached hydrogens (tertiary/aromatic N) is 1. The Morgan fingerprint density at radius 2 is 1.94 bits per heavy atom. The minimum atomic E-state index is -0.396. The molecule has 0 spiro atoms. The first kappa shape index (κ1) is 14.5. The maximum Gasteiger partial charge on any atom is 0.103 e. The summed E-state index contributed by atoms with van der Waals surface area (Å²) in [6, 6.07) is 2.31. The molecule has 0 radical (unpaired) electrons. The van der Waals surface area contributed by atoms with E-state index in [0.29, 0.717) is 6.10 Å². The van der Waals surface area contributed by atoms with Crippen LogP contribution in [0.1, 0.15) is 58.3 Å². The van der Waals surface area contributed by atoms with E-state index in [1.807, 2.05) is 14.0 Å². The van der Waals surface area contributed by atoms with Crippen LogP contribution in [0.5, 0.6) is 0 Å². The van der Waals surface area contributed by atoms with Crippen molar-refractivity contribution >= 4 is 0 Å². The molecule has 0 aromatic rings. The molecule has 1 aliphatic carbocycles.